The third-order valence-electron chi connectivity index (χ3n) is 10.7. The third-order valence-corrected chi connectivity index (χ3v) is 10.7. The van der Waals surface area contributed by atoms with Crippen LogP contribution in [0.2, 0.25) is 0 Å². The molecule has 0 aromatic heterocycles. The molecule has 0 N–H and O–H groups in total. The molecule has 4 heteroatoms. The summed E-state index contributed by atoms with van der Waals surface area (Å²) in [5.41, 5.74) is 3.23. The molecule has 36 heavy (non-hydrogen) atoms. The maximum absolute atomic E-state index is 12.0. The quantitative estimate of drug-likeness (QED) is 0.369. The lowest BCUT2D eigenvalue weighted by molar-refractivity contribution is -0.116. The van der Waals surface area contributed by atoms with Gasteiger partial charge in [0.25, 0.3) is 0 Å². The Balaban J connectivity index is 1.19. The topological polar surface area (TPSA) is 38.8 Å². The zero-order chi connectivity index (χ0) is 25.3. The van der Waals surface area contributed by atoms with Crippen LogP contribution in [0.3, 0.4) is 0 Å². The number of rotatable bonds is 9. The summed E-state index contributed by atoms with van der Waals surface area (Å²) < 4.78 is 12.0. The van der Waals surface area contributed by atoms with Gasteiger partial charge in [-0.05, 0) is 123 Å². The van der Waals surface area contributed by atoms with E-state index in [1.165, 1.54) is 49.7 Å². The van der Waals surface area contributed by atoms with Crippen LogP contribution in [0.1, 0.15) is 84.1 Å². The molecule has 0 spiro atoms. The van der Waals surface area contributed by atoms with Gasteiger partial charge in [-0.15, -0.1) is 0 Å². The predicted octanol–water partition coefficient (Wildman–Crippen LogP) is 7.06. The first-order valence-corrected chi connectivity index (χ1v) is 14.7. The Morgan fingerprint density at radius 3 is 2.61 bits per heavy atom. The van der Waals surface area contributed by atoms with E-state index in [1.807, 2.05) is 6.08 Å². The minimum absolute atomic E-state index is 0.372. The first-order valence-electron chi connectivity index (χ1n) is 14.7. The minimum atomic E-state index is 0.372. The Labute approximate surface area is 218 Å². The summed E-state index contributed by atoms with van der Waals surface area (Å²) in [5, 5.41) is 0. The normalized spacial score (nSPS) is 33.5. The molecule has 4 aliphatic rings. The number of ether oxygens (including phenoxy) is 2. The van der Waals surface area contributed by atoms with E-state index in [2.05, 4.69) is 43.9 Å². The van der Waals surface area contributed by atoms with E-state index < -0.39 is 0 Å². The van der Waals surface area contributed by atoms with E-state index >= 15 is 0 Å². The van der Waals surface area contributed by atoms with Crippen LogP contribution in [0.5, 0.6) is 11.5 Å². The van der Waals surface area contributed by atoms with Crippen molar-refractivity contribution in [2.24, 2.45) is 35.0 Å². The van der Waals surface area contributed by atoms with Crippen LogP contribution in [-0.4, -0.2) is 37.5 Å². The van der Waals surface area contributed by atoms with Crippen molar-refractivity contribution in [3.8, 4) is 11.5 Å². The number of hydrogen-bond donors (Lipinski definition) is 0. The molecule has 6 atom stereocenters. The van der Waals surface area contributed by atoms with Crippen molar-refractivity contribution in [3.63, 3.8) is 0 Å². The van der Waals surface area contributed by atoms with Crippen LogP contribution in [0, 0.1) is 35.0 Å². The van der Waals surface area contributed by atoms with E-state index in [9.17, 15) is 4.79 Å². The molecule has 198 valence electrons. The number of carbonyl (C=O) groups is 1. The molecule has 0 radical (unpaired) electrons. The second-order valence-corrected chi connectivity index (χ2v) is 12.2. The molecule has 1 aromatic rings. The van der Waals surface area contributed by atoms with Gasteiger partial charge in [0.1, 0.15) is 0 Å². The van der Waals surface area contributed by atoms with Crippen LogP contribution >= 0.6 is 0 Å². The first kappa shape index (κ1) is 25.8. The van der Waals surface area contributed by atoms with Crippen LogP contribution in [0.4, 0.5) is 0 Å². The molecule has 0 amide bonds. The van der Waals surface area contributed by atoms with Gasteiger partial charge >= 0.3 is 0 Å². The van der Waals surface area contributed by atoms with Crippen molar-refractivity contribution >= 4 is 5.78 Å². The Kier molecular flexibility index (Phi) is 7.81. The fraction of sp³-hybridized carbons (Fsp3) is 0.719. The molecule has 1 aromatic carbocycles. The summed E-state index contributed by atoms with van der Waals surface area (Å²) in [7, 11) is 1.75. The SMILES string of the molecule is CCN(CC)Cc1ccc(OCC[C@H]2CCC3C4CCC5=CC(=O)CCC5C4CCC32C)c(OC)c1. The standard InChI is InChI=1S/C32H47NO3/c1-5-33(6-2)21-22-7-14-30(31(19-22)35-4)36-18-16-24-9-13-29-28-11-8-23-20-25(34)10-12-26(23)27(28)15-17-32(24,29)3/h7,14,19-20,24,26-29H,5-6,8-13,15-18,21H2,1-4H3/t24-,26?,27?,28?,29?,32?/m1/s1. The number of hydrogen-bond acceptors (Lipinski definition) is 4. The van der Waals surface area contributed by atoms with Gasteiger partial charge in [-0.2, -0.15) is 0 Å². The molecule has 3 fully saturated rings. The molecule has 0 heterocycles. The summed E-state index contributed by atoms with van der Waals surface area (Å²) in [4.78, 5) is 14.4. The highest BCUT2D eigenvalue weighted by Gasteiger charge is 2.55. The largest absolute Gasteiger partial charge is 0.493 e. The van der Waals surface area contributed by atoms with E-state index in [-0.39, 0.29) is 0 Å². The number of methoxy groups -OCH3 is 1. The Hall–Kier alpha value is -1.81. The molecule has 5 rings (SSSR count). The fourth-order valence-corrected chi connectivity index (χ4v) is 8.71. The van der Waals surface area contributed by atoms with Crippen molar-refractivity contribution in [1.82, 2.24) is 4.90 Å². The van der Waals surface area contributed by atoms with Gasteiger partial charge < -0.3 is 9.47 Å². The summed E-state index contributed by atoms with van der Waals surface area (Å²) >= 11 is 0. The highest BCUT2D eigenvalue weighted by Crippen LogP contribution is 2.64. The number of carbonyl (C=O) groups excluding carboxylic acids is 1. The monoisotopic (exact) mass is 493 g/mol. The number of allylic oxidation sites excluding steroid dienone is 1. The van der Waals surface area contributed by atoms with Crippen LogP contribution in [0.25, 0.3) is 0 Å². The summed E-state index contributed by atoms with van der Waals surface area (Å²) in [6, 6.07) is 6.44. The van der Waals surface area contributed by atoms with E-state index in [0.717, 1.165) is 80.7 Å². The molecule has 5 unspecified atom stereocenters. The fourth-order valence-electron chi connectivity index (χ4n) is 8.71. The third kappa shape index (κ3) is 4.87. The van der Waals surface area contributed by atoms with Crippen molar-refractivity contribution in [1.29, 1.82) is 0 Å². The molecular formula is C32H47NO3. The highest BCUT2D eigenvalue weighted by atomic mass is 16.5. The van der Waals surface area contributed by atoms with Crippen LogP contribution in [-0.2, 0) is 11.3 Å². The van der Waals surface area contributed by atoms with E-state index in [1.54, 1.807) is 7.11 Å². The van der Waals surface area contributed by atoms with Crippen LogP contribution < -0.4 is 9.47 Å². The second-order valence-electron chi connectivity index (χ2n) is 12.2. The lowest BCUT2D eigenvalue weighted by Crippen LogP contribution is -2.46. The molecule has 0 saturated heterocycles. The van der Waals surface area contributed by atoms with Gasteiger partial charge in [0.2, 0.25) is 0 Å². The zero-order valence-corrected chi connectivity index (χ0v) is 23.1. The maximum atomic E-state index is 12.0. The number of ketones is 1. The second kappa shape index (κ2) is 10.9. The van der Waals surface area contributed by atoms with Crippen molar-refractivity contribution < 1.29 is 14.3 Å². The number of fused-ring (bicyclic) bond motifs is 5. The summed E-state index contributed by atoms with van der Waals surface area (Å²) in [6.45, 7) is 10.8. The lowest BCUT2D eigenvalue weighted by Gasteiger charge is -2.54. The Bertz CT molecular complexity index is 966. The number of benzene rings is 1. The van der Waals surface area contributed by atoms with Gasteiger partial charge in [-0.3, -0.25) is 9.69 Å². The Morgan fingerprint density at radius 1 is 1.00 bits per heavy atom. The highest BCUT2D eigenvalue weighted by molar-refractivity contribution is 5.91. The zero-order valence-electron chi connectivity index (χ0n) is 23.1. The van der Waals surface area contributed by atoms with E-state index in [0.29, 0.717) is 17.1 Å². The predicted molar refractivity (Wildman–Crippen MR) is 145 cm³/mol. The maximum Gasteiger partial charge on any atom is 0.161 e. The van der Waals surface area contributed by atoms with Gasteiger partial charge in [0, 0.05) is 13.0 Å². The van der Waals surface area contributed by atoms with E-state index in [4.69, 9.17) is 9.47 Å². The van der Waals surface area contributed by atoms with Crippen LogP contribution in [0.15, 0.2) is 29.8 Å². The van der Waals surface area contributed by atoms with Gasteiger partial charge in [0.05, 0.1) is 13.7 Å². The number of nitrogens with zero attached hydrogens (tertiary/aromatic N) is 1. The molecule has 0 bridgehead atoms. The molecule has 3 saturated carbocycles. The molecule has 4 nitrogen and oxygen atoms in total. The molecule has 0 aliphatic heterocycles. The van der Waals surface area contributed by atoms with Crippen molar-refractivity contribution in [3.05, 3.63) is 35.4 Å². The lowest BCUT2D eigenvalue weighted by atomic mass is 9.51. The van der Waals surface area contributed by atoms with Gasteiger partial charge in [-0.1, -0.05) is 32.4 Å². The minimum Gasteiger partial charge on any atom is -0.493 e. The molecule has 4 aliphatic carbocycles. The molecular weight excluding hydrogens is 446 g/mol. The summed E-state index contributed by atoms with van der Waals surface area (Å²) in [6.07, 6.45) is 13.0. The van der Waals surface area contributed by atoms with Crippen molar-refractivity contribution in [2.75, 3.05) is 26.8 Å². The summed E-state index contributed by atoms with van der Waals surface area (Å²) in [5.74, 6) is 6.10. The van der Waals surface area contributed by atoms with Gasteiger partial charge in [0.15, 0.2) is 17.3 Å². The first-order chi connectivity index (χ1) is 17.5. The smallest absolute Gasteiger partial charge is 0.161 e. The average Bonchev–Trinajstić information content (AvgIpc) is 3.23. The average molecular weight is 494 g/mol. The van der Waals surface area contributed by atoms with Gasteiger partial charge in [-0.25, -0.2) is 0 Å². The van der Waals surface area contributed by atoms with Crippen molar-refractivity contribution in [2.45, 2.75) is 85.1 Å². The Morgan fingerprint density at radius 2 is 1.83 bits per heavy atom.